The van der Waals surface area contributed by atoms with Crippen LogP contribution in [-0.2, 0) is 6.54 Å². The van der Waals surface area contributed by atoms with Crippen LogP contribution in [0.5, 0.6) is 11.5 Å². The molecule has 0 bridgehead atoms. The zero-order valence-corrected chi connectivity index (χ0v) is 13.5. The Balaban J connectivity index is 2.49. The Morgan fingerprint density at radius 2 is 1.95 bits per heavy atom. The predicted molar refractivity (Wildman–Crippen MR) is 86.0 cm³/mol. The van der Waals surface area contributed by atoms with E-state index in [1.807, 2.05) is 32.9 Å². The number of nitrogens with one attached hydrogen (secondary N) is 1. The molecule has 4 heteroatoms. The quantitative estimate of drug-likeness (QED) is 0.616. The third kappa shape index (κ3) is 7.34. The van der Waals surface area contributed by atoms with Gasteiger partial charge in [-0.1, -0.05) is 6.07 Å². The molecule has 0 unspecified atom stereocenters. The van der Waals surface area contributed by atoms with Crippen LogP contribution in [0.3, 0.4) is 0 Å². The van der Waals surface area contributed by atoms with Crippen molar-refractivity contribution in [1.82, 2.24) is 5.32 Å². The highest BCUT2D eigenvalue weighted by atomic mass is 16.5. The fourth-order valence-electron chi connectivity index (χ4n) is 2.05. The molecule has 0 spiro atoms. The first-order valence-electron chi connectivity index (χ1n) is 7.91. The average Bonchev–Trinajstić information content (AvgIpc) is 2.45. The number of rotatable bonds is 11. The molecule has 0 saturated heterocycles. The maximum Gasteiger partial charge on any atom is 0.161 e. The summed E-state index contributed by atoms with van der Waals surface area (Å²) < 4.78 is 11.4. The summed E-state index contributed by atoms with van der Waals surface area (Å²) in [5.41, 5.74) is 1.19. The van der Waals surface area contributed by atoms with E-state index < -0.39 is 0 Å². The van der Waals surface area contributed by atoms with Crippen molar-refractivity contribution >= 4 is 0 Å². The van der Waals surface area contributed by atoms with Crippen LogP contribution in [0, 0.1) is 0 Å². The number of benzene rings is 1. The molecular formula is C17H29NO3. The maximum absolute atomic E-state index is 8.72. The number of hydrogen-bond donors (Lipinski definition) is 2. The van der Waals surface area contributed by atoms with Gasteiger partial charge in [-0.2, -0.15) is 0 Å². The van der Waals surface area contributed by atoms with Gasteiger partial charge in [0, 0.05) is 13.2 Å². The zero-order valence-electron chi connectivity index (χ0n) is 13.5. The van der Waals surface area contributed by atoms with E-state index in [2.05, 4.69) is 11.4 Å². The standard InChI is InChI=1S/C17H29NO3/c1-4-20-17-12-15(8-9-16(17)21-14(2)3)13-18-10-6-5-7-11-19/h8-9,12,14,18-19H,4-7,10-11,13H2,1-3H3. The van der Waals surface area contributed by atoms with E-state index in [0.717, 1.165) is 43.9 Å². The van der Waals surface area contributed by atoms with Crippen LogP contribution >= 0.6 is 0 Å². The van der Waals surface area contributed by atoms with E-state index in [0.29, 0.717) is 6.61 Å². The van der Waals surface area contributed by atoms with E-state index in [1.54, 1.807) is 0 Å². The van der Waals surface area contributed by atoms with Crippen LogP contribution in [0.25, 0.3) is 0 Å². The van der Waals surface area contributed by atoms with Gasteiger partial charge in [0.25, 0.3) is 0 Å². The summed E-state index contributed by atoms with van der Waals surface area (Å²) in [5.74, 6) is 1.62. The van der Waals surface area contributed by atoms with Gasteiger partial charge in [0.15, 0.2) is 11.5 Å². The molecule has 1 rings (SSSR count). The number of hydrogen-bond acceptors (Lipinski definition) is 4. The lowest BCUT2D eigenvalue weighted by atomic mass is 10.2. The van der Waals surface area contributed by atoms with Crippen molar-refractivity contribution in [2.75, 3.05) is 19.8 Å². The lowest BCUT2D eigenvalue weighted by Gasteiger charge is -2.15. The van der Waals surface area contributed by atoms with E-state index in [9.17, 15) is 0 Å². The molecular weight excluding hydrogens is 266 g/mol. The number of ether oxygens (including phenoxy) is 2. The van der Waals surface area contributed by atoms with Crippen LogP contribution in [0.2, 0.25) is 0 Å². The van der Waals surface area contributed by atoms with Gasteiger partial charge in [-0.15, -0.1) is 0 Å². The normalized spacial score (nSPS) is 10.9. The number of unbranched alkanes of at least 4 members (excludes halogenated alkanes) is 2. The molecule has 0 amide bonds. The molecule has 21 heavy (non-hydrogen) atoms. The summed E-state index contributed by atoms with van der Waals surface area (Å²) in [5, 5.41) is 12.1. The van der Waals surface area contributed by atoms with Gasteiger partial charge >= 0.3 is 0 Å². The second-order valence-corrected chi connectivity index (χ2v) is 5.34. The largest absolute Gasteiger partial charge is 0.490 e. The van der Waals surface area contributed by atoms with Crippen LogP contribution < -0.4 is 14.8 Å². The molecule has 2 N–H and O–H groups in total. The Morgan fingerprint density at radius 3 is 2.62 bits per heavy atom. The highest BCUT2D eigenvalue weighted by Gasteiger charge is 2.08. The molecule has 0 aliphatic heterocycles. The minimum atomic E-state index is 0.139. The van der Waals surface area contributed by atoms with Crippen molar-refractivity contribution in [3.05, 3.63) is 23.8 Å². The lowest BCUT2D eigenvalue weighted by molar-refractivity contribution is 0.223. The van der Waals surface area contributed by atoms with Gasteiger partial charge in [0.2, 0.25) is 0 Å². The molecule has 0 aliphatic carbocycles. The van der Waals surface area contributed by atoms with Crippen LogP contribution in [0.1, 0.15) is 45.6 Å². The van der Waals surface area contributed by atoms with Crippen molar-refractivity contribution in [3.63, 3.8) is 0 Å². The van der Waals surface area contributed by atoms with Gasteiger partial charge in [-0.05, 0) is 64.3 Å². The summed E-state index contributed by atoms with van der Waals surface area (Å²) in [6.07, 6.45) is 3.18. The van der Waals surface area contributed by atoms with E-state index >= 15 is 0 Å². The summed E-state index contributed by atoms with van der Waals surface area (Å²) in [7, 11) is 0. The zero-order chi connectivity index (χ0) is 15.5. The topological polar surface area (TPSA) is 50.7 Å². The highest BCUT2D eigenvalue weighted by Crippen LogP contribution is 2.29. The smallest absolute Gasteiger partial charge is 0.161 e. The monoisotopic (exact) mass is 295 g/mol. The van der Waals surface area contributed by atoms with Crippen LogP contribution in [-0.4, -0.2) is 31.0 Å². The Hall–Kier alpha value is -1.26. The summed E-state index contributed by atoms with van der Waals surface area (Å²) in [6.45, 7) is 8.71. The van der Waals surface area contributed by atoms with Crippen molar-refractivity contribution in [2.24, 2.45) is 0 Å². The first-order valence-corrected chi connectivity index (χ1v) is 7.91. The Morgan fingerprint density at radius 1 is 1.14 bits per heavy atom. The second-order valence-electron chi connectivity index (χ2n) is 5.34. The summed E-state index contributed by atoms with van der Waals surface area (Å²) in [4.78, 5) is 0. The fraction of sp³-hybridized carbons (Fsp3) is 0.647. The van der Waals surface area contributed by atoms with E-state index in [4.69, 9.17) is 14.6 Å². The van der Waals surface area contributed by atoms with Gasteiger partial charge < -0.3 is 19.9 Å². The molecule has 0 fully saturated rings. The molecule has 0 radical (unpaired) electrons. The molecule has 1 aromatic rings. The number of aliphatic hydroxyl groups excluding tert-OH is 1. The molecule has 0 saturated carbocycles. The van der Waals surface area contributed by atoms with Crippen molar-refractivity contribution in [1.29, 1.82) is 0 Å². The first kappa shape index (κ1) is 17.8. The molecule has 0 aromatic heterocycles. The molecule has 4 nitrogen and oxygen atoms in total. The Kier molecular flexibility index (Phi) is 8.87. The fourth-order valence-corrected chi connectivity index (χ4v) is 2.05. The second kappa shape index (κ2) is 10.5. The van der Waals surface area contributed by atoms with Gasteiger partial charge in [-0.3, -0.25) is 0 Å². The highest BCUT2D eigenvalue weighted by molar-refractivity contribution is 5.43. The summed E-state index contributed by atoms with van der Waals surface area (Å²) >= 11 is 0. The maximum atomic E-state index is 8.72. The lowest BCUT2D eigenvalue weighted by Crippen LogP contribution is -2.15. The summed E-state index contributed by atoms with van der Waals surface area (Å²) in [6, 6.07) is 6.09. The van der Waals surface area contributed by atoms with E-state index in [-0.39, 0.29) is 12.7 Å². The molecule has 0 heterocycles. The SMILES string of the molecule is CCOc1cc(CNCCCCCO)ccc1OC(C)C. The van der Waals surface area contributed by atoms with Gasteiger partial charge in [-0.25, -0.2) is 0 Å². The minimum Gasteiger partial charge on any atom is -0.490 e. The van der Waals surface area contributed by atoms with Crippen molar-refractivity contribution in [3.8, 4) is 11.5 Å². The molecule has 0 atom stereocenters. The van der Waals surface area contributed by atoms with E-state index in [1.165, 1.54) is 5.56 Å². The minimum absolute atomic E-state index is 0.139. The van der Waals surface area contributed by atoms with Crippen LogP contribution in [0.15, 0.2) is 18.2 Å². The first-order chi connectivity index (χ1) is 10.2. The Labute approximate surface area is 128 Å². The molecule has 120 valence electrons. The molecule has 1 aromatic carbocycles. The number of aliphatic hydroxyl groups is 1. The van der Waals surface area contributed by atoms with Crippen LogP contribution in [0.4, 0.5) is 0 Å². The van der Waals surface area contributed by atoms with Gasteiger partial charge in [0.1, 0.15) is 0 Å². The van der Waals surface area contributed by atoms with Crippen molar-refractivity contribution in [2.45, 2.75) is 52.7 Å². The van der Waals surface area contributed by atoms with Gasteiger partial charge in [0.05, 0.1) is 12.7 Å². The molecule has 0 aliphatic rings. The average molecular weight is 295 g/mol. The third-order valence-electron chi connectivity index (χ3n) is 3.01. The Bertz CT molecular complexity index is 394. The van der Waals surface area contributed by atoms with Crippen molar-refractivity contribution < 1.29 is 14.6 Å². The third-order valence-corrected chi connectivity index (χ3v) is 3.01. The predicted octanol–water partition coefficient (Wildman–Crippen LogP) is 3.12.